The molecule has 534 valence electrons. The molecule has 0 fully saturated rings. The average molecular weight is 1350 g/mol. The lowest BCUT2D eigenvalue weighted by Gasteiger charge is -2.21. The van der Waals surface area contributed by atoms with Crippen molar-refractivity contribution < 1.29 is 33.2 Å². The summed E-state index contributed by atoms with van der Waals surface area (Å²) in [4.78, 5) is 41.2. The van der Waals surface area contributed by atoms with Crippen molar-refractivity contribution >= 4 is 44.1 Å². The minimum atomic E-state index is -0.158. The van der Waals surface area contributed by atoms with Crippen molar-refractivity contribution in [1.29, 1.82) is 0 Å². The lowest BCUT2D eigenvalue weighted by Crippen LogP contribution is -2.14. The van der Waals surface area contributed by atoms with Crippen molar-refractivity contribution in [2.45, 2.75) is 249 Å². The number of nitrogens with zero attached hydrogens (tertiary/aromatic N) is 6. The number of hydrogen-bond donors (Lipinski definition) is 2. The number of H-pyrrole nitrogens is 2. The first-order valence-corrected chi connectivity index (χ1v) is 39.1. The van der Waals surface area contributed by atoms with E-state index in [1.54, 1.807) is 0 Å². The highest BCUT2D eigenvalue weighted by Crippen LogP contribution is 2.50. The second-order valence-electron chi connectivity index (χ2n) is 28.9. The molecule has 3 aromatic heterocycles. The highest BCUT2D eigenvalue weighted by Gasteiger charge is 2.35. The molecule has 0 saturated heterocycles. The monoisotopic (exact) mass is 1350 g/mol. The van der Waals surface area contributed by atoms with Crippen LogP contribution in [-0.2, 0) is 4.74 Å². The average Bonchev–Trinajstić information content (AvgIpc) is 1.58. The summed E-state index contributed by atoms with van der Waals surface area (Å²) in [6, 6.07) is 17.1. The molecule has 0 aliphatic carbocycles. The molecule has 15 heteroatoms. The molecule has 4 aliphatic rings. The van der Waals surface area contributed by atoms with Gasteiger partial charge in [0.15, 0.2) is 57.8 Å². The van der Waals surface area contributed by atoms with Gasteiger partial charge in [0, 0.05) is 43.8 Å². The van der Waals surface area contributed by atoms with E-state index in [9.17, 15) is 0 Å². The van der Waals surface area contributed by atoms with Crippen LogP contribution in [0.2, 0.25) is 0 Å². The first-order valence-electron chi connectivity index (χ1n) is 39.1. The number of aromatic nitrogens is 8. The van der Waals surface area contributed by atoms with Crippen LogP contribution in [0.4, 0.5) is 0 Å². The van der Waals surface area contributed by atoms with E-state index in [0.717, 1.165) is 209 Å². The van der Waals surface area contributed by atoms with Gasteiger partial charge in [-0.05, 0) is 134 Å². The Hall–Kier alpha value is -7.26. The molecular formula is C84H116N8O7. The topological polar surface area (TPSA) is 174 Å². The van der Waals surface area contributed by atoms with Gasteiger partial charge in [-0.15, -0.1) is 0 Å². The number of nitrogens with one attached hydrogen (secondary N) is 2. The Bertz CT molecular complexity index is 3780. The van der Waals surface area contributed by atoms with Crippen molar-refractivity contribution in [3.63, 3.8) is 0 Å². The van der Waals surface area contributed by atoms with Gasteiger partial charge in [-0.1, -0.05) is 211 Å². The predicted octanol–water partition coefficient (Wildman–Crippen LogP) is 23.1. The predicted molar refractivity (Wildman–Crippen MR) is 405 cm³/mol. The van der Waals surface area contributed by atoms with Crippen LogP contribution in [0.25, 0.3) is 89.7 Å². The zero-order valence-electron chi connectivity index (χ0n) is 62.1. The van der Waals surface area contributed by atoms with Gasteiger partial charge in [-0.2, -0.15) is 0 Å². The largest absolute Gasteiger partial charge is 0.489 e. The lowest BCUT2D eigenvalue weighted by atomic mass is 9.94. The van der Waals surface area contributed by atoms with Crippen LogP contribution in [0.1, 0.15) is 261 Å². The Kier molecular flexibility index (Phi) is 26.1. The van der Waals surface area contributed by atoms with E-state index in [1.807, 2.05) is 0 Å². The van der Waals surface area contributed by atoms with Gasteiger partial charge in [0.25, 0.3) is 0 Å². The fraction of sp³-hybridized carbons (Fsp3) is 0.595. The van der Waals surface area contributed by atoms with E-state index in [-0.39, 0.29) is 12.2 Å². The van der Waals surface area contributed by atoms with Crippen LogP contribution in [0.15, 0.2) is 60.7 Å². The number of ether oxygens (including phenoxy) is 7. The zero-order valence-corrected chi connectivity index (χ0v) is 62.1. The molecule has 8 atom stereocenters. The fourth-order valence-corrected chi connectivity index (χ4v) is 14.5. The van der Waals surface area contributed by atoms with Gasteiger partial charge in [0.1, 0.15) is 34.8 Å². The van der Waals surface area contributed by atoms with Crippen molar-refractivity contribution in [3.05, 3.63) is 71.8 Å². The standard InChI is InChI=1S/C84H116N8O7/c1-13-25-31-53(19-7)47-93-71-41-63-65(43-73(71)95-49-55(21-9)33-27-15-3)81-88-79(63)86-77-61-39-59-60(70-38-37-69(59)99-70)40-62(61)78(85-77)87-80-64-42-72(94-48-54(20-8)32-26-14-2)74(96-50-56(22-10)34-28-16-4)44-66(64)82(89-80)91-84-68-46-76(98-52-58(24-12)36-30-18-6)75(45-67(68)83(90-81)92-84)97-51-57(23-11)35-29-17-5/h37-46,53-58,69-70H,13-36,47-52H2,1-12H3,(H2,85,86,87,88,89,90,91,92). The molecule has 0 radical (unpaired) electrons. The van der Waals surface area contributed by atoms with Crippen LogP contribution in [0.3, 0.4) is 0 Å². The Morgan fingerprint density at radius 3 is 0.747 bits per heavy atom. The SMILES string of the molecule is CCCCC(CC)COc1cc2c(cc1OCC(CC)CCCC)-c1nc-2nc2[nH]c(nc3nc(nc4[nH]c(n1)c1cc5c(cc41)C1C=CC5O1)-c1cc(OCC(CC)CCCC)c(OCC(CC)CCCC)cc1-3)c1cc(OCC(CC)CCCC)c(OCC(CC)CCCC)cc21. The maximum absolute atomic E-state index is 7.05. The van der Waals surface area contributed by atoms with Gasteiger partial charge < -0.3 is 43.1 Å². The molecule has 4 aliphatic heterocycles. The van der Waals surface area contributed by atoms with E-state index >= 15 is 0 Å². The Morgan fingerprint density at radius 2 is 0.525 bits per heavy atom. The lowest BCUT2D eigenvalue weighted by molar-refractivity contribution is 0.0879. The molecule has 15 nitrogen and oxygen atoms in total. The number of fused-ring (bicyclic) bond motifs is 25. The minimum absolute atomic E-state index is 0.158. The number of unbranched alkanes of at least 4 members (excludes halogenated alkanes) is 6. The first kappa shape index (κ1) is 73.0. The Morgan fingerprint density at radius 1 is 0.303 bits per heavy atom. The van der Waals surface area contributed by atoms with E-state index in [1.165, 1.54) is 0 Å². The molecule has 7 aromatic rings. The summed E-state index contributed by atoms with van der Waals surface area (Å²) < 4.78 is 48.7. The molecule has 4 aromatic carbocycles. The summed E-state index contributed by atoms with van der Waals surface area (Å²) in [5.41, 5.74) is 7.68. The Labute approximate surface area is 590 Å². The molecule has 11 rings (SSSR count). The van der Waals surface area contributed by atoms with Crippen LogP contribution in [0.5, 0.6) is 34.5 Å². The smallest absolute Gasteiger partial charge is 0.164 e. The van der Waals surface area contributed by atoms with E-state index in [4.69, 9.17) is 63.1 Å². The van der Waals surface area contributed by atoms with Gasteiger partial charge in [-0.3, -0.25) is 0 Å². The van der Waals surface area contributed by atoms with Crippen molar-refractivity contribution in [1.82, 2.24) is 39.9 Å². The number of rotatable bonds is 42. The number of benzene rings is 4. The third-order valence-electron chi connectivity index (χ3n) is 21.7. The molecule has 2 N–H and O–H groups in total. The summed E-state index contributed by atoms with van der Waals surface area (Å²) in [5, 5.41) is 3.38. The summed E-state index contributed by atoms with van der Waals surface area (Å²) in [6.07, 6.45) is 30.3. The van der Waals surface area contributed by atoms with Crippen LogP contribution in [-0.4, -0.2) is 79.5 Å². The van der Waals surface area contributed by atoms with Crippen LogP contribution >= 0.6 is 0 Å². The molecule has 0 amide bonds. The van der Waals surface area contributed by atoms with E-state index in [0.29, 0.717) is 156 Å². The zero-order chi connectivity index (χ0) is 69.4. The van der Waals surface area contributed by atoms with E-state index in [2.05, 4.69) is 154 Å². The quantitative estimate of drug-likeness (QED) is 0.0346. The molecule has 10 bridgehead atoms. The first-order chi connectivity index (χ1) is 48.5. The van der Waals surface area contributed by atoms with Gasteiger partial charge >= 0.3 is 0 Å². The summed E-state index contributed by atoms with van der Waals surface area (Å²) in [6.45, 7) is 30.5. The molecule has 7 heterocycles. The molecular weight excluding hydrogens is 1230 g/mol. The highest BCUT2D eigenvalue weighted by atomic mass is 16.5. The van der Waals surface area contributed by atoms with Crippen LogP contribution < -0.4 is 28.4 Å². The minimum Gasteiger partial charge on any atom is -0.489 e. The van der Waals surface area contributed by atoms with Crippen LogP contribution in [0, 0.1) is 35.5 Å². The second-order valence-corrected chi connectivity index (χ2v) is 28.9. The van der Waals surface area contributed by atoms with Crippen molar-refractivity contribution in [2.24, 2.45) is 35.5 Å². The Balaban J connectivity index is 1.21. The second kappa shape index (κ2) is 35.4. The molecule has 8 unspecified atom stereocenters. The molecule has 99 heavy (non-hydrogen) atoms. The van der Waals surface area contributed by atoms with Gasteiger partial charge in [0.2, 0.25) is 0 Å². The number of hydrogen-bond acceptors (Lipinski definition) is 13. The van der Waals surface area contributed by atoms with E-state index < -0.39 is 0 Å². The van der Waals surface area contributed by atoms with Gasteiger partial charge in [-0.25, -0.2) is 29.9 Å². The van der Waals surface area contributed by atoms with Crippen molar-refractivity contribution in [3.8, 4) is 80.0 Å². The maximum atomic E-state index is 7.05. The third kappa shape index (κ3) is 17.2. The fourth-order valence-electron chi connectivity index (χ4n) is 14.5. The molecule has 0 saturated carbocycles. The number of aromatic amines is 2. The maximum Gasteiger partial charge on any atom is 0.164 e. The summed E-state index contributed by atoms with van der Waals surface area (Å²) in [7, 11) is 0. The third-order valence-corrected chi connectivity index (χ3v) is 21.7. The molecule has 0 spiro atoms. The van der Waals surface area contributed by atoms with Crippen molar-refractivity contribution in [2.75, 3.05) is 39.6 Å². The highest BCUT2D eigenvalue weighted by molar-refractivity contribution is 6.08. The normalized spacial score (nSPS) is 16.2. The summed E-state index contributed by atoms with van der Waals surface area (Å²) >= 11 is 0. The summed E-state index contributed by atoms with van der Waals surface area (Å²) in [5.74, 6) is 8.25. The van der Waals surface area contributed by atoms with Gasteiger partial charge in [0.05, 0.1) is 39.6 Å².